The molecule has 2 fully saturated rings. The molecule has 2 aliphatic rings. The summed E-state index contributed by atoms with van der Waals surface area (Å²) in [5.41, 5.74) is -2.66. The highest BCUT2D eigenvalue weighted by Crippen LogP contribution is 2.43. The second kappa shape index (κ2) is 9.33. The van der Waals surface area contributed by atoms with Gasteiger partial charge in [-0.05, 0) is 80.0 Å². The lowest BCUT2D eigenvalue weighted by molar-refractivity contribution is -0.157. The van der Waals surface area contributed by atoms with Gasteiger partial charge in [-0.2, -0.15) is 0 Å². The molecule has 2 amide bonds. The maximum absolute atomic E-state index is 13.5. The molecule has 0 aromatic heterocycles. The summed E-state index contributed by atoms with van der Waals surface area (Å²) in [6.45, 7) is 15.1. The molecule has 8 nitrogen and oxygen atoms in total. The topological polar surface area (TPSA) is 103 Å². The van der Waals surface area contributed by atoms with Crippen molar-refractivity contribution in [3.05, 3.63) is 0 Å². The van der Waals surface area contributed by atoms with Gasteiger partial charge in [-0.25, -0.2) is 0 Å². The predicted molar refractivity (Wildman–Crippen MR) is 123 cm³/mol. The predicted octanol–water partition coefficient (Wildman–Crippen LogP) is 2.85. The van der Waals surface area contributed by atoms with E-state index in [1.54, 1.807) is 0 Å². The number of methoxy groups -OCH3 is 1. The lowest BCUT2D eigenvalue weighted by Gasteiger charge is -2.45. The number of carbonyl (C=O) groups excluding carboxylic acids is 3. The molecule has 0 unspecified atom stereocenters. The first-order valence-corrected chi connectivity index (χ1v) is 11.6. The number of hydrogen-bond acceptors (Lipinski definition) is 6. The number of amides is 2. The number of carbonyl (C=O) groups is 3. The maximum atomic E-state index is 13.5. The van der Waals surface area contributed by atoms with Gasteiger partial charge in [-0.1, -0.05) is 6.42 Å². The van der Waals surface area contributed by atoms with E-state index in [1.807, 2.05) is 48.5 Å². The minimum absolute atomic E-state index is 0.118. The summed E-state index contributed by atoms with van der Waals surface area (Å²) in [4.78, 5) is 38.3. The van der Waals surface area contributed by atoms with Crippen LogP contribution in [0.3, 0.4) is 0 Å². The number of hydrogen-bond donors (Lipinski definition) is 2. The van der Waals surface area contributed by atoms with E-state index in [1.165, 1.54) is 14.0 Å². The van der Waals surface area contributed by atoms with Gasteiger partial charge in [0, 0.05) is 12.5 Å². The summed E-state index contributed by atoms with van der Waals surface area (Å²) >= 11 is 0. The van der Waals surface area contributed by atoms with E-state index in [0.29, 0.717) is 19.2 Å². The summed E-state index contributed by atoms with van der Waals surface area (Å²) in [5.74, 6) is -1.81. The molecule has 2 N–H and O–H groups in total. The second-order valence-electron chi connectivity index (χ2n) is 11.3. The fourth-order valence-electron chi connectivity index (χ4n) is 4.72. The molecule has 1 aliphatic heterocycles. The zero-order valence-electron chi connectivity index (χ0n) is 21.2. The Morgan fingerprint density at radius 3 is 2.09 bits per heavy atom. The lowest BCUT2D eigenvalue weighted by atomic mass is 9.65. The third-order valence-corrected chi connectivity index (χ3v) is 6.96. The molecular weight excluding hydrogens is 411 g/mol. The number of ether oxygens (including phenoxy) is 1. The summed E-state index contributed by atoms with van der Waals surface area (Å²) < 4.78 is 17.3. The highest BCUT2D eigenvalue weighted by atomic mass is 16.7. The van der Waals surface area contributed by atoms with Crippen LogP contribution in [0.15, 0.2) is 0 Å². The summed E-state index contributed by atoms with van der Waals surface area (Å²) in [7, 11) is 0.990. The molecule has 2 rings (SSSR count). The second-order valence-corrected chi connectivity index (χ2v) is 11.3. The van der Waals surface area contributed by atoms with Crippen molar-refractivity contribution in [1.82, 2.24) is 10.6 Å². The van der Waals surface area contributed by atoms with Crippen molar-refractivity contribution in [3.63, 3.8) is 0 Å². The van der Waals surface area contributed by atoms with Crippen LogP contribution in [0.5, 0.6) is 0 Å². The van der Waals surface area contributed by atoms with Crippen LogP contribution in [0.1, 0.15) is 81.1 Å². The lowest BCUT2D eigenvalue weighted by Crippen LogP contribution is -2.68. The molecule has 0 aromatic rings. The highest BCUT2D eigenvalue weighted by Gasteiger charge is 2.55. The number of nitrogens with one attached hydrogen (secondary N) is 2. The Kier molecular flexibility index (Phi) is 7.77. The van der Waals surface area contributed by atoms with E-state index >= 15 is 0 Å². The van der Waals surface area contributed by atoms with E-state index in [-0.39, 0.29) is 24.9 Å². The molecular formula is C23H41BN2O6. The van der Waals surface area contributed by atoms with Crippen molar-refractivity contribution in [3.8, 4) is 0 Å². The average molecular weight is 452 g/mol. The van der Waals surface area contributed by atoms with Crippen LogP contribution in [0, 0.1) is 11.8 Å². The molecule has 0 spiro atoms. The van der Waals surface area contributed by atoms with Crippen molar-refractivity contribution in [2.45, 2.75) is 110 Å². The van der Waals surface area contributed by atoms with Crippen LogP contribution in [-0.4, -0.2) is 54.3 Å². The van der Waals surface area contributed by atoms with Crippen molar-refractivity contribution in [2.75, 3.05) is 7.11 Å². The van der Waals surface area contributed by atoms with Gasteiger partial charge in [-0.15, -0.1) is 0 Å². The van der Waals surface area contributed by atoms with E-state index < -0.39 is 34.2 Å². The third-order valence-electron chi connectivity index (χ3n) is 6.96. The molecule has 1 saturated carbocycles. The fourth-order valence-corrected chi connectivity index (χ4v) is 4.72. The van der Waals surface area contributed by atoms with Crippen LogP contribution in [0.25, 0.3) is 0 Å². The molecule has 9 heteroatoms. The monoisotopic (exact) mass is 452 g/mol. The van der Waals surface area contributed by atoms with Gasteiger partial charge in [0.1, 0.15) is 5.54 Å². The van der Waals surface area contributed by atoms with Gasteiger partial charge in [0.05, 0.1) is 24.2 Å². The minimum atomic E-state index is -1.36. The minimum Gasteiger partial charge on any atom is -0.469 e. The largest absolute Gasteiger partial charge is 0.469 e. The van der Waals surface area contributed by atoms with Crippen LogP contribution in [-0.2, 0) is 28.4 Å². The Morgan fingerprint density at radius 2 is 1.62 bits per heavy atom. The molecule has 3 atom stereocenters. The normalized spacial score (nSPS) is 29.3. The van der Waals surface area contributed by atoms with Crippen LogP contribution < -0.4 is 10.6 Å². The van der Waals surface area contributed by atoms with Crippen molar-refractivity contribution >= 4 is 24.9 Å². The Morgan fingerprint density at radius 1 is 1.06 bits per heavy atom. The van der Waals surface area contributed by atoms with E-state index in [0.717, 1.165) is 12.8 Å². The van der Waals surface area contributed by atoms with Crippen molar-refractivity contribution in [1.29, 1.82) is 0 Å². The Bertz CT molecular complexity index is 716. The molecule has 1 heterocycles. The average Bonchev–Trinajstić information content (AvgIpc) is 2.84. The maximum Gasteiger partial charge on any atom is 0.457 e. The molecule has 0 aromatic carbocycles. The molecule has 1 aliphatic carbocycles. The quantitative estimate of drug-likeness (QED) is 0.475. The van der Waals surface area contributed by atoms with Gasteiger partial charge in [0.15, 0.2) is 0 Å². The SMILES string of the molecule is COC(=O)[C@@H]1CC[C@@H](CCB2OC(C)(C)C(C)(C)O2)C[C@]1(NC(C)=O)C(=O)NC(C)(C)C. The highest BCUT2D eigenvalue weighted by molar-refractivity contribution is 6.45. The Hall–Kier alpha value is -1.61. The first kappa shape index (κ1) is 26.6. The molecule has 1 saturated heterocycles. The Labute approximate surface area is 193 Å². The standard InChI is InChI=1S/C23H41BN2O6/c1-15(27)25-23(19(29)26-20(2,3)4)14-16(10-11-17(23)18(28)30-9)12-13-24-31-21(5,6)22(7,8)32-24/h16-17H,10-14H2,1-9H3,(H,25,27)(H,26,29)/t16-,17-,23+/m0/s1. The van der Waals surface area contributed by atoms with Crippen molar-refractivity contribution in [2.24, 2.45) is 11.8 Å². The summed E-state index contributed by atoms with van der Waals surface area (Å²) in [6.07, 6.45) is 3.00. The van der Waals surface area contributed by atoms with Crippen molar-refractivity contribution < 1.29 is 28.4 Å². The third kappa shape index (κ3) is 5.84. The van der Waals surface area contributed by atoms with Gasteiger partial charge in [-0.3, -0.25) is 14.4 Å². The first-order valence-electron chi connectivity index (χ1n) is 11.6. The van der Waals surface area contributed by atoms with Gasteiger partial charge in [0.25, 0.3) is 0 Å². The molecule has 0 bridgehead atoms. The fraction of sp³-hybridized carbons (Fsp3) is 0.870. The zero-order chi connectivity index (χ0) is 24.5. The number of rotatable bonds is 6. The summed E-state index contributed by atoms with van der Waals surface area (Å²) in [5, 5.41) is 5.83. The summed E-state index contributed by atoms with van der Waals surface area (Å²) in [6, 6.07) is 0. The van der Waals surface area contributed by atoms with Crippen LogP contribution in [0.2, 0.25) is 6.32 Å². The van der Waals surface area contributed by atoms with E-state index in [9.17, 15) is 14.4 Å². The van der Waals surface area contributed by atoms with Crippen LogP contribution >= 0.6 is 0 Å². The van der Waals surface area contributed by atoms with Crippen LogP contribution in [0.4, 0.5) is 0 Å². The molecule has 0 radical (unpaired) electrons. The first-order chi connectivity index (χ1) is 14.5. The van der Waals surface area contributed by atoms with Gasteiger partial charge >= 0.3 is 13.1 Å². The smallest absolute Gasteiger partial charge is 0.457 e. The Balaban J connectivity index is 2.24. The molecule has 32 heavy (non-hydrogen) atoms. The molecule has 182 valence electrons. The number of esters is 1. The van der Waals surface area contributed by atoms with Gasteiger partial charge < -0.3 is 24.7 Å². The van der Waals surface area contributed by atoms with Gasteiger partial charge in [0.2, 0.25) is 11.8 Å². The zero-order valence-corrected chi connectivity index (χ0v) is 21.2. The van der Waals surface area contributed by atoms with E-state index in [2.05, 4.69) is 10.6 Å². The van der Waals surface area contributed by atoms with E-state index in [4.69, 9.17) is 14.0 Å².